The van der Waals surface area contributed by atoms with Crippen LogP contribution in [0.15, 0.2) is 22.6 Å². The van der Waals surface area contributed by atoms with Crippen LogP contribution in [0.25, 0.3) is 6.08 Å². The lowest BCUT2D eigenvalue weighted by molar-refractivity contribution is -0.155. The standard InChI is InChI=1S/C27H39NO6S/c1-14-9-20-10-16(3)25(33-20)17(4)26(32)27(6,7)23(30)12-24(31)34-22(11-21(14)29)15(2)8-19-13-35-18(5)28-19/h8-9,13,16-17,20-23,25,29-30H,10-12H2,1-7H3. The molecule has 8 heteroatoms. The van der Waals surface area contributed by atoms with Crippen molar-refractivity contribution in [2.45, 2.75) is 98.2 Å². The molecular weight excluding hydrogens is 466 g/mol. The second kappa shape index (κ2) is 11.0. The van der Waals surface area contributed by atoms with Gasteiger partial charge in [0.05, 0.1) is 47.0 Å². The molecule has 7 atom stereocenters. The van der Waals surface area contributed by atoms with Gasteiger partial charge in [0.25, 0.3) is 0 Å². The Morgan fingerprint density at radius 1 is 1.20 bits per heavy atom. The number of hydrogen-bond acceptors (Lipinski definition) is 8. The van der Waals surface area contributed by atoms with Gasteiger partial charge in [-0.05, 0) is 50.3 Å². The maximum Gasteiger partial charge on any atom is 0.309 e. The van der Waals surface area contributed by atoms with Crippen LogP contribution in [0.1, 0.15) is 71.5 Å². The van der Waals surface area contributed by atoms with Crippen molar-refractivity contribution in [3.63, 3.8) is 0 Å². The van der Waals surface area contributed by atoms with Crippen LogP contribution < -0.4 is 0 Å². The van der Waals surface area contributed by atoms with E-state index < -0.39 is 35.6 Å². The molecule has 1 saturated heterocycles. The van der Waals surface area contributed by atoms with Gasteiger partial charge in [-0.15, -0.1) is 11.3 Å². The summed E-state index contributed by atoms with van der Waals surface area (Å²) in [6, 6.07) is 0. The molecule has 3 rings (SSSR count). The molecular formula is C27H39NO6S. The van der Waals surface area contributed by atoms with E-state index in [1.54, 1.807) is 13.8 Å². The van der Waals surface area contributed by atoms with E-state index in [0.29, 0.717) is 0 Å². The molecule has 0 aromatic carbocycles. The fourth-order valence-electron chi connectivity index (χ4n) is 5.02. The van der Waals surface area contributed by atoms with Crippen LogP contribution in [0.2, 0.25) is 0 Å². The average Bonchev–Trinajstić information content (AvgIpc) is 3.35. The number of esters is 1. The number of thiazole rings is 1. The van der Waals surface area contributed by atoms with Gasteiger partial charge < -0.3 is 19.7 Å². The van der Waals surface area contributed by atoms with Gasteiger partial charge in [0.15, 0.2) is 0 Å². The van der Waals surface area contributed by atoms with Gasteiger partial charge in [0.2, 0.25) is 0 Å². The highest BCUT2D eigenvalue weighted by molar-refractivity contribution is 7.09. The number of fused-ring (bicyclic) bond motifs is 2. The summed E-state index contributed by atoms with van der Waals surface area (Å²) < 4.78 is 12.0. The van der Waals surface area contributed by atoms with Crippen LogP contribution >= 0.6 is 11.3 Å². The van der Waals surface area contributed by atoms with E-state index in [1.807, 2.05) is 45.2 Å². The zero-order valence-electron chi connectivity index (χ0n) is 21.8. The molecule has 2 aliphatic rings. The SMILES string of the molecule is CC1=CC2CC(C)C(O2)C(C)C(=O)C(C)(C)C(O)CC(=O)OC(C(C)=Cc2csc(C)n2)CC1O. The van der Waals surface area contributed by atoms with Crippen LogP contribution in [-0.4, -0.2) is 57.5 Å². The van der Waals surface area contributed by atoms with E-state index in [1.165, 1.54) is 11.3 Å². The van der Waals surface area contributed by atoms with Crippen molar-refractivity contribution < 1.29 is 29.3 Å². The minimum atomic E-state index is -1.21. The first-order valence-electron chi connectivity index (χ1n) is 12.3. The third kappa shape index (κ3) is 6.47. The molecule has 0 amide bonds. The third-order valence-electron chi connectivity index (χ3n) is 7.44. The summed E-state index contributed by atoms with van der Waals surface area (Å²) in [4.78, 5) is 30.7. The summed E-state index contributed by atoms with van der Waals surface area (Å²) in [5, 5.41) is 24.7. The van der Waals surface area contributed by atoms with Crippen molar-refractivity contribution in [3.8, 4) is 0 Å². The number of rotatable bonds is 2. The predicted octanol–water partition coefficient (Wildman–Crippen LogP) is 4.25. The summed E-state index contributed by atoms with van der Waals surface area (Å²) in [6.07, 6.45) is 1.07. The highest BCUT2D eigenvalue weighted by atomic mass is 32.1. The summed E-state index contributed by atoms with van der Waals surface area (Å²) in [6.45, 7) is 12.8. The number of carbonyl (C=O) groups excluding carboxylic acids is 2. The molecule has 3 heterocycles. The van der Waals surface area contributed by atoms with Crippen molar-refractivity contribution in [2.24, 2.45) is 17.3 Å². The van der Waals surface area contributed by atoms with E-state index in [9.17, 15) is 19.8 Å². The molecule has 0 saturated carbocycles. The maximum atomic E-state index is 13.4. The Labute approximate surface area is 212 Å². The number of aliphatic hydroxyl groups is 2. The number of aliphatic hydroxyl groups excluding tert-OH is 2. The zero-order valence-corrected chi connectivity index (χ0v) is 22.6. The van der Waals surface area contributed by atoms with Crippen molar-refractivity contribution >= 4 is 29.2 Å². The molecule has 1 aromatic rings. The van der Waals surface area contributed by atoms with Gasteiger partial charge >= 0.3 is 5.97 Å². The number of Topliss-reactive ketones (excluding diaryl/α,β-unsaturated/α-hetero) is 1. The smallest absolute Gasteiger partial charge is 0.309 e. The highest BCUT2D eigenvalue weighted by Crippen LogP contribution is 2.38. The Bertz CT molecular complexity index is 996. The first-order valence-corrected chi connectivity index (χ1v) is 13.2. The number of nitrogens with zero attached hydrogens (tertiary/aromatic N) is 1. The lowest BCUT2D eigenvalue weighted by atomic mass is 9.73. The molecule has 1 fully saturated rings. The molecule has 35 heavy (non-hydrogen) atoms. The minimum absolute atomic E-state index is 0.141. The summed E-state index contributed by atoms with van der Waals surface area (Å²) in [5.41, 5.74) is 1.09. The number of cyclic esters (lactones) is 1. The van der Waals surface area contributed by atoms with Crippen molar-refractivity contribution in [1.29, 1.82) is 0 Å². The second-order valence-corrected chi connectivity index (χ2v) is 11.8. The molecule has 2 bridgehead atoms. The van der Waals surface area contributed by atoms with Crippen molar-refractivity contribution in [3.05, 3.63) is 33.3 Å². The number of ether oxygens (including phenoxy) is 2. The molecule has 0 radical (unpaired) electrons. The van der Waals surface area contributed by atoms with Crippen LogP contribution in [0, 0.1) is 24.2 Å². The lowest BCUT2D eigenvalue weighted by Gasteiger charge is -2.34. The molecule has 7 unspecified atom stereocenters. The molecule has 7 nitrogen and oxygen atoms in total. The van der Waals surface area contributed by atoms with Crippen LogP contribution in [-0.2, 0) is 19.1 Å². The molecule has 1 aromatic heterocycles. The molecule has 0 aliphatic carbocycles. The fourth-order valence-corrected chi connectivity index (χ4v) is 5.59. The third-order valence-corrected chi connectivity index (χ3v) is 8.23. The number of aromatic nitrogens is 1. The van der Waals surface area contributed by atoms with E-state index in [2.05, 4.69) is 11.9 Å². The molecule has 194 valence electrons. The van der Waals surface area contributed by atoms with E-state index in [4.69, 9.17) is 9.47 Å². The average molecular weight is 506 g/mol. The Kier molecular flexibility index (Phi) is 8.73. The predicted molar refractivity (Wildman–Crippen MR) is 136 cm³/mol. The summed E-state index contributed by atoms with van der Waals surface area (Å²) in [7, 11) is 0. The molecule has 0 spiro atoms. The number of aryl methyl sites for hydroxylation is 1. The molecule has 2 aliphatic heterocycles. The summed E-state index contributed by atoms with van der Waals surface area (Å²) in [5.74, 6) is -1.06. The topological polar surface area (TPSA) is 106 Å². The van der Waals surface area contributed by atoms with E-state index in [0.717, 1.165) is 28.3 Å². The van der Waals surface area contributed by atoms with Crippen LogP contribution in [0.4, 0.5) is 0 Å². The van der Waals surface area contributed by atoms with E-state index >= 15 is 0 Å². The van der Waals surface area contributed by atoms with Gasteiger partial charge in [-0.3, -0.25) is 9.59 Å². The Hall–Kier alpha value is -1.87. The van der Waals surface area contributed by atoms with Crippen molar-refractivity contribution in [2.75, 3.05) is 0 Å². The zero-order chi connectivity index (χ0) is 26.1. The second-order valence-electron chi connectivity index (χ2n) is 10.8. The summed E-state index contributed by atoms with van der Waals surface area (Å²) >= 11 is 1.53. The highest BCUT2D eigenvalue weighted by Gasteiger charge is 2.45. The first-order chi connectivity index (χ1) is 16.3. The van der Waals surface area contributed by atoms with Gasteiger partial charge in [-0.2, -0.15) is 0 Å². The van der Waals surface area contributed by atoms with Crippen molar-refractivity contribution in [1.82, 2.24) is 4.98 Å². The number of ketones is 1. The normalized spacial score (nSPS) is 35.2. The Morgan fingerprint density at radius 2 is 1.89 bits per heavy atom. The largest absolute Gasteiger partial charge is 0.458 e. The van der Waals surface area contributed by atoms with E-state index in [-0.39, 0.29) is 36.8 Å². The van der Waals surface area contributed by atoms with Gasteiger partial charge in [-0.1, -0.05) is 33.8 Å². The van der Waals surface area contributed by atoms with Crippen LogP contribution in [0.5, 0.6) is 0 Å². The maximum absolute atomic E-state index is 13.4. The monoisotopic (exact) mass is 505 g/mol. The molecule has 2 N–H and O–H groups in total. The minimum Gasteiger partial charge on any atom is -0.458 e. The number of hydrogen-bond donors (Lipinski definition) is 2. The van der Waals surface area contributed by atoms with Crippen LogP contribution in [0.3, 0.4) is 0 Å². The lowest BCUT2D eigenvalue weighted by Crippen LogP contribution is -2.45. The Balaban J connectivity index is 1.95. The Morgan fingerprint density at radius 3 is 2.51 bits per heavy atom. The fraction of sp³-hybridized carbons (Fsp3) is 0.667. The first kappa shape index (κ1) is 27.7. The quantitative estimate of drug-likeness (QED) is 0.457. The van der Waals surface area contributed by atoms with Gasteiger partial charge in [0, 0.05) is 17.7 Å². The number of carbonyl (C=O) groups is 2. The van der Waals surface area contributed by atoms with Gasteiger partial charge in [-0.25, -0.2) is 4.98 Å². The van der Waals surface area contributed by atoms with Gasteiger partial charge in [0.1, 0.15) is 11.9 Å².